The van der Waals surface area contributed by atoms with Crippen molar-refractivity contribution >= 4 is 11.0 Å². The first-order chi connectivity index (χ1) is 28.9. The molecule has 0 aliphatic rings. The Morgan fingerprint density at radius 1 is 0.500 bits per heavy atom. The van der Waals surface area contributed by atoms with Gasteiger partial charge < -0.3 is 5.11 Å². The van der Waals surface area contributed by atoms with E-state index in [4.69, 9.17) is 11.3 Å². The molecule has 9 rings (SSSR count). The summed E-state index contributed by atoms with van der Waals surface area (Å²) in [5, 5.41) is 11.3. The van der Waals surface area contributed by atoms with Crippen LogP contribution in [-0.4, -0.2) is 19.6 Å². The van der Waals surface area contributed by atoms with Crippen molar-refractivity contribution in [3.63, 3.8) is 0 Å². The standard InChI is InChI=1S/C54H45N3O/c1-35(2)37-22-24-39(25-23-37)41-28-29-55-50(33-41)44-31-42(38-14-7-5-8-15-38)30-43(32-44)47-19-13-20-51-53(47)56-54(48-18-11-12-21-52(48)58)57(51)45-26-27-46(49(34-45)36(3)4)40-16-9-6-10-17-40/h5-36,58H,1-4H3/i35D,36D. The highest BCUT2D eigenvalue weighted by Crippen LogP contribution is 2.41. The molecule has 0 aliphatic heterocycles. The van der Waals surface area contributed by atoms with Gasteiger partial charge in [-0.2, -0.15) is 0 Å². The lowest BCUT2D eigenvalue weighted by molar-refractivity contribution is 0.477. The monoisotopic (exact) mass is 753 g/mol. The van der Waals surface area contributed by atoms with Crippen LogP contribution in [0.4, 0.5) is 0 Å². The van der Waals surface area contributed by atoms with E-state index >= 15 is 0 Å². The van der Waals surface area contributed by atoms with Crippen molar-refractivity contribution < 1.29 is 7.85 Å². The molecule has 7 aromatic carbocycles. The summed E-state index contributed by atoms with van der Waals surface area (Å²) in [5.74, 6) is -0.841. The van der Waals surface area contributed by atoms with Gasteiger partial charge in [0.05, 0.1) is 22.3 Å². The van der Waals surface area contributed by atoms with E-state index in [1.807, 2.05) is 94.6 Å². The molecule has 2 aromatic heterocycles. The van der Waals surface area contributed by atoms with Crippen LogP contribution in [0.1, 0.15) is 53.4 Å². The van der Waals surface area contributed by atoms with Crippen molar-refractivity contribution in [3.05, 3.63) is 193 Å². The Bertz CT molecular complexity index is 3000. The zero-order valence-corrected chi connectivity index (χ0v) is 33.1. The fraction of sp³-hybridized carbons (Fsp3) is 0.111. The molecule has 0 bridgehead atoms. The van der Waals surface area contributed by atoms with E-state index in [2.05, 4.69) is 114 Å². The molecule has 58 heavy (non-hydrogen) atoms. The molecule has 0 aliphatic carbocycles. The number of para-hydroxylation sites is 2. The molecule has 4 heteroatoms. The highest BCUT2D eigenvalue weighted by atomic mass is 16.3. The van der Waals surface area contributed by atoms with E-state index in [-0.39, 0.29) is 5.75 Å². The second kappa shape index (κ2) is 15.5. The van der Waals surface area contributed by atoms with Gasteiger partial charge in [0.2, 0.25) is 0 Å². The van der Waals surface area contributed by atoms with Crippen LogP contribution in [0.15, 0.2) is 182 Å². The van der Waals surface area contributed by atoms with Gasteiger partial charge in [-0.15, -0.1) is 0 Å². The van der Waals surface area contributed by atoms with E-state index in [1.54, 1.807) is 6.07 Å². The van der Waals surface area contributed by atoms with Crippen molar-refractivity contribution in [3.8, 4) is 78.6 Å². The first-order valence-electron chi connectivity index (χ1n) is 20.7. The molecule has 4 nitrogen and oxygen atoms in total. The number of phenolic OH excluding ortho intramolecular Hbond substituents is 1. The maximum atomic E-state index is 11.3. The third kappa shape index (κ3) is 6.99. The predicted molar refractivity (Wildman–Crippen MR) is 241 cm³/mol. The van der Waals surface area contributed by atoms with Crippen molar-refractivity contribution in [1.82, 2.24) is 14.5 Å². The molecule has 282 valence electrons. The summed E-state index contributed by atoms with van der Waals surface area (Å²) in [7, 11) is 0. The van der Waals surface area contributed by atoms with Gasteiger partial charge in [-0.05, 0) is 123 Å². The minimum absolute atomic E-state index is 0.134. The lowest BCUT2D eigenvalue weighted by Gasteiger charge is -2.17. The first kappa shape index (κ1) is 34.2. The van der Waals surface area contributed by atoms with E-state index < -0.39 is 11.8 Å². The summed E-state index contributed by atoms with van der Waals surface area (Å²) in [5.41, 5.74) is 15.0. The van der Waals surface area contributed by atoms with E-state index in [9.17, 15) is 6.48 Å². The Kier molecular flexibility index (Phi) is 9.13. The number of pyridine rings is 1. The summed E-state index contributed by atoms with van der Waals surface area (Å²) in [4.78, 5) is 10.3. The van der Waals surface area contributed by atoms with Crippen LogP contribution in [-0.2, 0) is 0 Å². The second-order valence-electron chi connectivity index (χ2n) is 15.2. The molecule has 9 aromatic rings. The summed E-state index contributed by atoms with van der Waals surface area (Å²) in [6.45, 7) is 7.65. The number of hydrogen-bond donors (Lipinski definition) is 1. The zero-order valence-electron chi connectivity index (χ0n) is 35.1. The fourth-order valence-electron chi connectivity index (χ4n) is 7.88. The quantitative estimate of drug-likeness (QED) is 0.160. The van der Waals surface area contributed by atoms with Gasteiger partial charge in [-0.25, -0.2) is 4.98 Å². The largest absolute Gasteiger partial charge is 0.507 e. The number of imidazole rings is 1. The summed E-state index contributed by atoms with van der Waals surface area (Å²) >= 11 is 0. The first-order valence-corrected chi connectivity index (χ1v) is 19.7. The van der Waals surface area contributed by atoms with E-state index in [1.165, 1.54) is 0 Å². The number of aromatic hydroxyl groups is 1. The average molecular weight is 754 g/mol. The Morgan fingerprint density at radius 2 is 1.16 bits per heavy atom. The lowest BCUT2D eigenvalue weighted by Crippen LogP contribution is -2.01. The molecule has 0 atom stereocenters. The van der Waals surface area contributed by atoms with Crippen molar-refractivity contribution in [2.24, 2.45) is 0 Å². The highest BCUT2D eigenvalue weighted by Gasteiger charge is 2.22. The number of fused-ring (bicyclic) bond motifs is 1. The van der Waals surface area contributed by atoms with Gasteiger partial charge in [0.1, 0.15) is 11.6 Å². The molecule has 0 radical (unpaired) electrons. The van der Waals surface area contributed by atoms with Crippen molar-refractivity contribution in [2.45, 2.75) is 39.5 Å². The maximum absolute atomic E-state index is 11.3. The van der Waals surface area contributed by atoms with Gasteiger partial charge in [0.15, 0.2) is 0 Å². The van der Waals surface area contributed by atoms with Crippen molar-refractivity contribution in [2.75, 3.05) is 0 Å². The summed E-state index contributed by atoms with van der Waals surface area (Å²) in [6.07, 6.45) is 1.86. The molecule has 2 heterocycles. The van der Waals surface area contributed by atoms with Crippen LogP contribution in [0.2, 0.25) is 0 Å². The Morgan fingerprint density at radius 3 is 1.88 bits per heavy atom. The normalized spacial score (nSPS) is 12.3. The van der Waals surface area contributed by atoms with Gasteiger partial charge in [0.25, 0.3) is 0 Å². The zero-order chi connectivity index (χ0) is 41.6. The average Bonchev–Trinajstić information content (AvgIpc) is 3.66. The molecule has 0 unspecified atom stereocenters. The molecule has 0 spiro atoms. The minimum Gasteiger partial charge on any atom is -0.507 e. The lowest BCUT2D eigenvalue weighted by atomic mass is 9.92. The third-order valence-electron chi connectivity index (χ3n) is 10.9. The predicted octanol–water partition coefficient (Wildman–Crippen LogP) is 14.4. The fourth-order valence-corrected chi connectivity index (χ4v) is 7.88. The molecule has 0 saturated carbocycles. The van der Waals surface area contributed by atoms with Gasteiger partial charge >= 0.3 is 0 Å². The van der Waals surface area contributed by atoms with Crippen molar-refractivity contribution in [1.29, 1.82) is 0 Å². The molecule has 0 amide bonds. The maximum Gasteiger partial charge on any atom is 0.149 e. The second-order valence-corrected chi connectivity index (χ2v) is 15.2. The molecule has 1 N–H and O–H groups in total. The van der Waals surface area contributed by atoms with Crippen LogP contribution < -0.4 is 0 Å². The Balaban J connectivity index is 1.25. The number of nitrogens with zero attached hydrogens (tertiary/aromatic N) is 3. The van der Waals surface area contributed by atoms with Crippen LogP contribution in [0.3, 0.4) is 0 Å². The number of aromatic nitrogens is 3. The molecular formula is C54H45N3O. The molecule has 0 saturated heterocycles. The number of hydrogen-bond acceptors (Lipinski definition) is 3. The number of rotatable bonds is 9. The Hall–Kier alpha value is -7.04. The van der Waals surface area contributed by atoms with E-state index in [0.29, 0.717) is 11.4 Å². The van der Waals surface area contributed by atoms with Gasteiger partial charge in [-0.1, -0.05) is 143 Å². The highest BCUT2D eigenvalue weighted by molar-refractivity contribution is 5.97. The van der Waals surface area contributed by atoms with Gasteiger partial charge in [0, 0.05) is 25.8 Å². The Labute approximate surface area is 343 Å². The minimum atomic E-state index is -0.903. The number of benzene rings is 7. The van der Waals surface area contributed by atoms with Crippen LogP contribution in [0.5, 0.6) is 5.75 Å². The number of phenols is 1. The summed E-state index contributed by atoms with van der Waals surface area (Å²) < 4.78 is 19.8. The van der Waals surface area contributed by atoms with E-state index in [0.717, 1.165) is 83.6 Å². The third-order valence-corrected chi connectivity index (χ3v) is 10.9. The van der Waals surface area contributed by atoms with Gasteiger partial charge in [-0.3, -0.25) is 9.55 Å². The molecular weight excluding hydrogens is 707 g/mol. The SMILES string of the molecule is [2H]C(C)(C)c1ccc(-c2ccnc(-c3cc(-c4ccccc4)cc(-c4cccc5c4nc(-c4ccccc4O)n5-c4ccc(-c5ccccc5)c(C([2H])(C)C)c4)c3)c2)cc1. The summed E-state index contributed by atoms with van der Waals surface area (Å²) in [6, 6.07) is 59.4. The topological polar surface area (TPSA) is 50.9 Å². The van der Waals surface area contributed by atoms with Crippen LogP contribution in [0, 0.1) is 0 Å². The van der Waals surface area contributed by atoms with Crippen LogP contribution in [0.25, 0.3) is 83.9 Å². The van der Waals surface area contributed by atoms with Crippen LogP contribution >= 0.6 is 0 Å². The molecule has 0 fully saturated rings. The smallest absolute Gasteiger partial charge is 0.149 e.